The van der Waals surface area contributed by atoms with Gasteiger partial charge in [-0.05, 0) is 48.9 Å². The molecule has 1 aliphatic heterocycles. The minimum Gasteiger partial charge on any atom is -0.459 e. The number of ether oxygens (including phenoxy) is 1. The molecule has 0 unspecified atom stereocenters. The highest BCUT2D eigenvalue weighted by Crippen LogP contribution is 2.29. The SMILES string of the molecule is CC(C)OC(=O)c1ccccc1CN1Cc2ccccc2C[C@H]1C(C)C. The van der Waals surface area contributed by atoms with Crippen molar-refractivity contribution in [2.75, 3.05) is 0 Å². The predicted molar refractivity (Wildman–Crippen MR) is 105 cm³/mol. The molecule has 0 N–H and O–H groups in total. The molecule has 1 atom stereocenters. The summed E-state index contributed by atoms with van der Waals surface area (Å²) in [6.45, 7) is 10.0. The summed E-state index contributed by atoms with van der Waals surface area (Å²) in [6.07, 6.45) is 0.952. The molecule has 2 aromatic rings. The van der Waals surface area contributed by atoms with Gasteiger partial charge in [-0.25, -0.2) is 4.79 Å². The van der Waals surface area contributed by atoms with E-state index in [1.165, 1.54) is 11.1 Å². The van der Waals surface area contributed by atoms with Crippen LogP contribution in [0.3, 0.4) is 0 Å². The second kappa shape index (κ2) is 8.05. The van der Waals surface area contributed by atoms with Crippen molar-refractivity contribution in [1.29, 1.82) is 0 Å². The standard InChI is InChI=1S/C23H29NO2/c1-16(2)22-13-18-9-5-6-10-19(18)14-24(22)15-20-11-7-8-12-21(20)23(25)26-17(3)4/h5-12,16-17,22H,13-15H2,1-4H3/t22-/m0/s1. The fourth-order valence-electron chi connectivity index (χ4n) is 3.79. The van der Waals surface area contributed by atoms with Gasteiger partial charge in [0.15, 0.2) is 0 Å². The molecular formula is C23H29NO2. The molecule has 3 heteroatoms. The van der Waals surface area contributed by atoms with Crippen LogP contribution in [0.25, 0.3) is 0 Å². The molecule has 0 bridgehead atoms. The maximum Gasteiger partial charge on any atom is 0.338 e. The topological polar surface area (TPSA) is 29.5 Å². The van der Waals surface area contributed by atoms with E-state index in [0.717, 1.165) is 25.1 Å². The number of fused-ring (bicyclic) bond motifs is 1. The molecule has 0 saturated carbocycles. The highest BCUT2D eigenvalue weighted by atomic mass is 16.5. The average molecular weight is 351 g/mol. The Morgan fingerprint density at radius 2 is 1.69 bits per heavy atom. The van der Waals surface area contributed by atoms with Gasteiger partial charge in [0.25, 0.3) is 0 Å². The first-order valence-electron chi connectivity index (χ1n) is 9.55. The highest BCUT2D eigenvalue weighted by molar-refractivity contribution is 5.91. The fraction of sp³-hybridized carbons (Fsp3) is 0.435. The summed E-state index contributed by atoms with van der Waals surface area (Å²) in [5, 5.41) is 0. The molecule has 0 aromatic heterocycles. The predicted octanol–water partition coefficient (Wildman–Crippen LogP) is 4.83. The summed E-state index contributed by atoms with van der Waals surface area (Å²) in [7, 11) is 0. The van der Waals surface area contributed by atoms with E-state index in [1.807, 2.05) is 32.0 Å². The van der Waals surface area contributed by atoms with E-state index in [0.29, 0.717) is 17.5 Å². The molecular weight excluding hydrogens is 322 g/mol. The first-order valence-corrected chi connectivity index (χ1v) is 9.55. The van der Waals surface area contributed by atoms with Crippen LogP contribution in [0.4, 0.5) is 0 Å². The zero-order chi connectivity index (χ0) is 18.7. The molecule has 0 saturated heterocycles. The number of carbonyl (C=O) groups is 1. The summed E-state index contributed by atoms with van der Waals surface area (Å²) < 4.78 is 5.44. The molecule has 0 radical (unpaired) electrons. The number of esters is 1. The lowest BCUT2D eigenvalue weighted by molar-refractivity contribution is 0.0373. The van der Waals surface area contributed by atoms with Crippen molar-refractivity contribution in [2.24, 2.45) is 5.92 Å². The second-order valence-electron chi connectivity index (χ2n) is 7.80. The van der Waals surface area contributed by atoms with Gasteiger partial charge in [0.05, 0.1) is 11.7 Å². The van der Waals surface area contributed by atoms with Crippen LogP contribution in [-0.2, 0) is 24.2 Å². The van der Waals surface area contributed by atoms with Gasteiger partial charge < -0.3 is 4.74 Å². The van der Waals surface area contributed by atoms with Crippen molar-refractivity contribution in [3.63, 3.8) is 0 Å². The first kappa shape index (κ1) is 18.7. The van der Waals surface area contributed by atoms with Crippen molar-refractivity contribution in [3.8, 4) is 0 Å². The zero-order valence-electron chi connectivity index (χ0n) is 16.2. The van der Waals surface area contributed by atoms with E-state index in [1.54, 1.807) is 0 Å². The van der Waals surface area contributed by atoms with E-state index in [9.17, 15) is 4.79 Å². The number of nitrogens with zero attached hydrogens (tertiary/aromatic N) is 1. The molecule has 26 heavy (non-hydrogen) atoms. The Kier molecular flexibility index (Phi) is 5.77. The summed E-state index contributed by atoms with van der Waals surface area (Å²) >= 11 is 0. The van der Waals surface area contributed by atoms with E-state index in [2.05, 4.69) is 49.1 Å². The van der Waals surface area contributed by atoms with Gasteiger partial charge in [-0.1, -0.05) is 56.3 Å². The molecule has 3 rings (SSSR count). The Bertz CT molecular complexity index is 766. The summed E-state index contributed by atoms with van der Waals surface area (Å²) in [5.74, 6) is 0.326. The van der Waals surface area contributed by atoms with Crippen molar-refractivity contribution in [2.45, 2.75) is 59.4 Å². The lowest BCUT2D eigenvalue weighted by atomic mass is 9.87. The van der Waals surface area contributed by atoms with E-state index in [4.69, 9.17) is 4.74 Å². The first-order chi connectivity index (χ1) is 12.5. The van der Waals surface area contributed by atoms with Gasteiger partial charge in [0.2, 0.25) is 0 Å². The maximum atomic E-state index is 12.5. The largest absolute Gasteiger partial charge is 0.459 e. The van der Waals surface area contributed by atoms with Crippen LogP contribution >= 0.6 is 0 Å². The summed E-state index contributed by atoms with van der Waals surface area (Å²) in [5.41, 5.74) is 4.58. The number of carbonyl (C=O) groups excluding carboxylic acids is 1. The van der Waals surface area contributed by atoms with Gasteiger partial charge >= 0.3 is 5.97 Å². The van der Waals surface area contributed by atoms with Gasteiger partial charge in [-0.3, -0.25) is 4.90 Å². The monoisotopic (exact) mass is 351 g/mol. The molecule has 2 aromatic carbocycles. The third kappa shape index (κ3) is 4.16. The van der Waals surface area contributed by atoms with Gasteiger partial charge in [-0.2, -0.15) is 0 Å². The summed E-state index contributed by atoms with van der Waals surface area (Å²) in [6, 6.07) is 17.0. The molecule has 1 heterocycles. The molecule has 0 spiro atoms. The van der Waals surface area contributed by atoms with E-state index in [-0.39, 0.29) is 12.1 Å². The van der Waals surface area contributed by atoms with Crippen LogP contribution < -0.4 is 0 Å². The fourth-order valence-corrected chi connectivity index (χ4v) is 3.79. The van der Waals surface area contributed by atoms with Gasteiger partial charge in [-0.15, -0.1) is 0 Å². The van der Waals surface area contributed by atoms with E-state index >= 15 is 0 Å². The average Bonchev–Trinajstić information content (AvgIpc) is 2.60. The Morgan fingerprint density at radius 3 is 2.38 bits per heavy atom. The van der Waals surface area contributed by atoms with Crippen molar-refractivity contribution < 1.29 is 9.53 Å². The molecule has 0 aliphatic carbocycles. The number of rotatable bonds is 5. The molecule has 3 nitrogen and oxygen atoms in total. The smallest absolute Gasteiger partial charge is 0.338 e. The van der Waals surface area contributed by atoms with Gasteiger partial charge in [0.1, 0.15) is 0 Å². The zero-order valence-corrected chi connectivity index (χ0v) is 16.2. The van der Waals surface area contributed by atoms with Crippen molar-refractivity contribution in [3.05, 3.63) is 70.8 Å². The molecule has 0 fully saturated rings. The van der Waals surface area contributed by atoms with Crippen molar-refractivity contribution >= 4 is 5.97 Å². The van der Waals surface area contributed by atoms with Crippen molar-refractivity contribution in [1.82, 2.24) is 4.90 Å². The highest BCUT2D eigenvalue weighted by Gasteiger charge is 2.29. The Labute approximate surface area is 157 Å². The number of benzene rings is 2. The van der Waals surface area contributed by atoms with Crippen LogP contribution in [-0.4, -0.2) is 23.0 Å². The van der Waals surface area contributed by atoms with Crippen LogP contribution in [0.2, 0.25) is 0 Å². The van der Waals surface area contributed by atoms with Crippen LogP contribution in [0.5, 0.6) is 0 Å². The third-order valence-electron chi connectivity index (χ3n) is 5.11. The van der Waals surface area contributed by atoms with E-state index < -0.39 is 0 Å². The lowest BCUT2D eigenvalue weighted by Gasteiger charge is -2.39. The van der Waals surface area contributed by atoms with Crippen LogP contribution in [0.1, 0.15) is 54.7 Å². The minimum atomic E-state index is -0.228. The number of hydrogen-bond acceptors (Lipinski definition) is 3. The Morgan fingerprint density at radius 1 is 1.04 bits per heavy atom. The Hall–Kier alpha value is -2.13. The van der Waals surface area contributed by atoms with Crippen LogP contribution in [0, 0.1) is 5.92 Å². The molecule has 138 valence electrons. The number of hydrogen-bond donors (Lipinski definition) is 0. The van der Waals surface area contributed by atoms with Gasteiger partial charge in [0, 0.05) is 19.1 Å². The molecule has 0 amide bonds. The minimum absolute atomic E-state index is 0.110. The Balaban J connectivity index is 1.87. The maximum absolute atomic E-state index is 12.5. The van der Waals surface area contributed by atoms with Crippen LogP contribution in [0.15, 0.2) is 48.5 Å². The quantitative estimate of drug-likeness (QED) is 0.722. The third-order valence-corrected chi connectivity index (χ3v) is 5.11. The normalized spacial score (nSPS) is 17.4. The summed E-state index contributed by atoms with van der Waals surface area (Å²) in [4.78, 5) is 15.0. The lowest BCUT2D eigenvalue weighted by Crippen LogP contribution is -2.43. The second-order valence-corrected chi connectivity index (χ2v) is 7.80. The molecule has 1 aliphatic rings.